The van der Waals surface area contributed by atoms with Gasteiger partial charge in [-0.15, -0.1) is 0 Å². The van der Waals surface area contributed by atoms with Gasteiger partial charge in [-0.2, -0.15) is 0 Å². The van der Waals surface area contributed by atoms with Gasteiger partial charge in [0.2, 0.25) is 9.05 Å². The van der Waals surface area contributed by atoms with Crippen LogP contribution in [-0.2, 0) is 15.5 Å². The van der Waals surface area contributed by atoms with Gasteiger partial charge in [-0.1, -0.05) is 24.3 Å². The maximum Gasteiger partial charge on any atom is 0.232 e. The van der Waals surface area contributed by atoms with Crippen LogP contribution in [0.5, 0.6) is 0 Å². The van der Waals surface area contributed by atoms with Gasteiger partial charge in [0.25, 0.3) is 0 Å². The van der Waals surface area contributed by atoms with Crippen molar-refractivity contribution in [3.8, 4) is 0 Å². The number of aryl methyl sites for hydroxylation is 1. The zero-order chi connectivity index (χ0) is 10.9. The number of hydrogen-bond donors (Lipinski definition) is 0. The first kappa shape index (κ1) is 11.0. The lowest BCUT2D eigenvalue weighted by atomic mass is 10.1. The highest BCUT2D eigenvalue weighted by Gasteiger charge is 2.22. The highest BCUT2D eigenvalue weighted by molar-refractivity contribution is 8.13. The van der Waals surface area contributed by atoms with Crippen LogP contribution in [-0.4, -0.2) is 14.2 Å². The minimum atomic E-state index is -3.36. The van der Waals surface area contributed by atoms with Crippen molar-refractivity contribution >= 4 is 19.7 Å². The molecule has 0 unspecified atom stereocenters. The van der Waals surface area contributed by atoms with E-state index in [1.54, 1.807) is 0 Å². The molecular formula is C11H13ClO2S. The Balaban J connectivity index is 1.97. The Labute approximate surface area is 94.7 Å². The lowest BCUT2D eigenvalue weighted by Gasteiger charge is -2.01. The predicted octanol–water partition coefficient (Wildman–Crippen LogP) is 2.68. The van der Waals surface area contributed by atoms with Crippen LogP contribution in [0.2, 0.25) is 0 Å². The summed E-state index contributed by atoms with van der Waals surface area (Å²) in [6.45, 7) is 0. The fourth-order valence-corrected chi connectivity index (χ4v) is 2.32. The summed E-state index contributed by atoms with van der Waals surface area (Å²) < 4.78 is 21.5. The second-order valence-electron chi connectivity index (χ2n) is 4.01. The molecule has 1 saturated carbocycles. The third-order valence-electron chi connectivity index (χ3n) is 2.66. The van der Waals surface area contributed by atoms with Gasteiger partial charge in [0, 0.05) is 10.7 Å². The molecule has 2 rings (SSSR count). The molecule has 0 aliphatic heterocycles. The molecule has 4 heteroatoms. The highest BCUT2D eigenvalue weighted by Crippen LogP contribution is 2.39. The molecule has 0 spiro atoms. The zero-order valence-electron chi connectivity index (χ0n) is 8.32. The fraction of sp³-hybridized carbons (Fsp3) is 0.455. The van der Waals surface area contributed by atoms with Crippen molar-refractivity contribution < 1.29 is 8.42 Å². The zero-order valence-corrected chi connectivity index (χ0v) is 9.89. The average Bonchev–Trinajstić information content (AvgIpc) is 2.98. The second-order valence-corrected chi connectivity index (χ2v) is 6.91. The van der Waals surface area contributed by atoms with Crippen molar-refractivity contribution in [1.82, 2.24) is 0 Å². The largest absolute Gasteiger partial charge is 0.232 e. The van der Waals surface area contributed by atoms with Gasteiger partial charge >= 0.3 is 0 Å². The minimum absolute atomic E-state index is 0.0112. The SMILES string of the molecule is O=S(=O)(Cl)CCc1ccc(C2CC2)cc1. The van der Waals surface area contributed by atoms with Crippen LogP contribution in [0, 0.1) is 0 Å². The maximum atomic E-state index is 10.8. The molecule has 1 aliphatic carbocycles. The standard InChI is InChI=1S/C11H13ClO2S/c12-15(13,14)8-7-9-1-3-10(4-2-9)11-5-6-11/h1-4,11H,5-8H2. The minimum Gasteiger partial charge on any atom is -0.212 e. The van der Waals surface area contributed by atoms with E-state index < -0.39 is 9.05 Å². The van der Waals surface area contributed by atoms with Gasteiger partial charge < -0.3 is 0 Å². The van der Waals surface area contributed by atoms with E-state index in [4.69, 9.17) is 10.7 Å². The summed E-state index contributed by atoms with van der Waals surface area (Å²) in [6, 6.07) is 8.17. The first-order chi connectivity index (χ1) is 7.04. The van der Waals surface area contributed by atoms with Gasteiger partial charge in [-0.3, -0.25) is 0 Å². The molecule has 0 bridgehead atoms. The number of rotatable bonds is 4. The summed E-state index contributed by atoms with van der Waals surface area (Å²) >= 11 is 0. The monoisotopic (exact) mass is 244 g/mol. The maximum absolute atomic E-state index is 10.8. The van der Waals surface area contributed by atoms with Crippen LogP contribution in [0.25, 0.3) is 0 Å². The fourth-order valence-electron chi connectivity index (χ4n) is 1.61. The van der Waals surface area contributed by atoms with E-state index >= 15 is 0 Å². The van der Waals surface area contributed by atoms with Crippen molar-refractivity contribution in [3.05, 3.63) is 35.4 Å². The summed E-state index contributed by atoms with van der Waals surface area (Å²) in [6.07, 6.45) is 3.07. The molecule has 1 aromatic rings. The van der Waals surface area contributed by atoms with Crippen LogP contribution < -0.4 is 0 Å². The van der Waals surface area contributed by atoms with Gasteiger partial charge in [0.15, 0.2) is 0 Å². The summed E-state index contributed by atoms with van der Waals surface area (Å²) in [5.74, 6) is 0.757. The van der Waals surface area contributed by atoms with E-state index in [9.17, 15) is 8.42 Å². The van der Waals surface area contributed by atoms with Crippen molar-refractivity contribution in [2.75, 3.05) is 5.75 Å². The van der Waals surface area contributed by atoms with Crippen LogP contribution >= 0.6 is 10.7 Å². The van der Waals surface area contributed by atoms with Crippen molar-refractivity contribution in [3.63, 3.8) is 0 Å². The van der Waals surface area contributed by atoms with Crippen molar-refractivity contribution in [1.29, 1.82) is 0 Å². The third-order valence-corrected chi connectivity index (χ3v) is 3.82. The Bertz CT molecular complexity index is 432. The molecule has 2 nitrogen and oxygen atoms in total. The Morgan fingerprint density at radius 3 is 2.27 bits per heavy atom. The number of hydrogen-bond acceptors (Lipinski definition) is 2. The van der Waals surface area contributed by atoms with E-state index in [-0.39, 0.29) is 5.75 Å². The van der Waals surface area contributed by atoms with E-state index in [1.165, 1.54) is 18.4 Å². The molecule has 0 atom stereocenters. The lowest BCUT2D eigenvalue weighted by Crippen LogP contribution is -2.00. The quantitative estimate of drug-likeness (QED) is 0.764. The molecule has 0 amide bonds. The molecule has 0 N–H and O–H groups in total. The van der Waals surface area contributed by atoms with Crippen LogP contribution in [0.4, 0.5) is 0 Å². The Morgan fingerprint density at radius 1 is 1.20 bits per heavy atom. The summed E-state index contributed by atoms with van der Waals surface area (Å²) in [7, 11) is 1.78. The summed E-state index contributed by atoms with van der Waals surface area (Å²) in [5, 5.41) is 0. The molecule has 15 heavy (non-hydrogen) atoms. The Kier molecular flexibility index (Phi) is 3.03. The highest BCUT2D eigenvalue weighted by atomic mass is 35.7. The van der Waals surface area contributed by atoms with Crippen molar-refractivity contribution in [2.45, 2.75) is 25.2 Å². The summed E-state index contributed by atoms with van der Waals surface area (Å²) in [5.41, 5.74) is 2.40. The molecule has 0 radical (unpaired) electrons. The Morgan fingerprint density at radius 2 is 1.80 bits per heavy atom. The third kappa shape index (κ3) is 3.50. The molecule has 0 heterocycles. The van der Waals surface area contributed by atoms with Crippen molar-refractivity contribution in [2.24, 2.45) is 0 Å². The van der Waals surface area contributed by atoms with E-state index in [0.29, 0.717) is 6.42 Å². The molecule has 0 saturated heterocycles. The average molecular weight is 245 g/mol. The normalized spacial score (nSPS) is 16.6. The Hall–Kier alpha value is -0.540. The topological polar surface area (TPSA) is 34.1 Å². The predicted molar refractivity (Wildman–Crippen MR) is 61.8 cm³/mol. The summed E-state index contributed by atoms with van der Waals surface area (Å²) in [4.78, 5) is 0. The van der Waals surface area contributed by atoms with Gasteiger partial charge in [-0.05, 0) is 36.3 Å². The van der Waals surface area contributed by atoms with E-state index in [2.05, 4.69) is 12.1 Å². The molecule has 0 aromatic heterocycles. The smallest absolute Gasteiger partial charge is 0.212 e. The van der Waals surface area contributed by atoms with E-state index in [0.717, 1.165) is 11.5 Å². The first-order valence-electron chi connectivity index (χ1n) is 5.06. The van der Waals surface area contributed by atoms with Crippen LogP contribution in [0.15, 0.2) is 24.3 Å². The van der Waals surface area contributed by atoms with Gasteiger partial charge in [0.1, 0.15) is 0 Å². The van der Waals surface area contributed by atoms with Gasteiger partial charge in [-0.25, -0.2) is 8.42 Å². The number of halogens is 1. The second kappa shape index (κ2) is 4.14. The molecular weight excluding hydrogens is 232 g/mol. The van der Waals surface area contributed by atoms with Crippen LogP contribution in [0.1, 0.15) is 29.9 Å². The number of benzene rings is 1. The first-order valence-corrected chi connectivity index (χ1v) is 7.53. The lowest BCUT2D eigenvalue weighted by molar-refractivity contribution is 0.609. The van der Waals surface area contributed by atoms with Crippen LogP contribution in [0.3, 0.4) is 0 Å². The molecule has 1 aliphatic rings. The van der Waals surface area contributed by atoms with E-state index in [1.807, 2.05) is 12.1 Å². The molecule has 82 valence electrons. The molecule has 1 aromatic carbocycles. The van der Waals surface area contributed by atoms with Gasteiger partial charge in [0.05, 0.1) is 5.75 Å². The molecule has 1 fully saturated rings.